The Bertz CT molecular complexity index is 1070. The highest BCUT2D eigenvalue weighted by Crippen LogP contribution is 2.41. The molecule has 0 saturated heterocycles. The molecule has 0 atom stereocenters. The maximum absolute atomic E-state index is 13.6. The first kappa shape index (κ1) is 19.2. The summed E-state index contributed by atoms with van der Waals surface area (Å²) in [5.41, 5.74) is 1.25. The maximum Gasteiger partial charge on any atom is 0.296 e. The number of nitro groups is 1. The van der Waals surface area contributed by atoms with Crippen LogP contribution in [0.3, 0.4) is 0 Å². The predicted octanol–water partition coefficient (Wildman–Crippen LogP) is 5.74. The summed E-state index contributed by atoms with van der Waals surface area (Å²) in [5.74, 6) is -0.852. The van der Waals surface area contributed by atoms with Gasteiger partial charge in [0, 0.05) is 18.2 Å². The molecule has 0 amide bonds. The van der Waals surface area contributed by atoms with E-state index in [1.165, 1.54) is 22.9 Å². The number of hydrogen-bond donors (Lipinski definition) is 1. The fourth-order valence-corrected chi connectivity index (χ4v) is 3.55. The van der Waals surface area contributed by atoms with Gasteiger partial charge in [0.15, 0.2) is 0 Å². The highest BCUT2D eigenvalue weighted by molar-refractivity contribution is 9.10. The van der Waals surface area contributed by atoms with Gasteiger partial charge in [0.05, 0.1) is 26.2 Å². The molecular weight excluding hydrogens is 446 g/mol. The van der Waals surface area contributed by atoms with Crippen molar-refractivity contribution in [2.45, 2.75) is 6.92 Å². The molecule has 1 heterocycles. The molecule has 0 spiro atoms. The van der Waals surface area contributed by atoms with E-state index in [2.05, 4.69) is 26.3 Å². The lowest BCUT2D eigenvalue weighted by Crippen LogP contribution is -2.04. The number of benzene rings is 2. The van der Waals surface area contributed by atoms with Gasteiger partial charge in [0.2, 0.25) is 0 Å². The molecule has 2 aromatic carbocycles. The highest BCUT2D eigenvalue weighted by Gasteiger charge is 2.24. The summed E-state index contributed by atoms with van der Waals surface area (Å²) in [6, 6.07) is 5.86. The Morgan fingerprint density at radius 1 is 1.26 bits per heavy atom. The van der Waals surface area contributed by atoms with Gasteiger partial charge in [-0.25, -0.2) is 8.78 Å². The summed E-state index contributed by atoms with van der Waals surface area (Å²) >= 11 is 9.33. The van der Waals surface area contributed by atoms with Crippen molar-refractivity contribution < 1.29 is 13.7 Å². The van der Waals surface area contributed by atoms with Crippen LogP contribution in [0.4, 0.5) is 26.0 Å². The van der Waals surface area contributed by atoms with Gasteiger partial charge in [-0.15, -0.1) is 0 Å². The summed E-state index contributed by atoms with van der Waals surface area (Å²) < 4.78 is 28.7. The van der Waals surface area contributed by atoms with E-state index in [0.29, 0.717) is 22.6 Å². The van der Waals surface area contributed by atoms with Crippen LogP contribution in [0.15, 0.2) is 34.8 Å². The quantitative estimate of drug-likeness (QED) is 0.400. The van der Waals surface area contributed by atoms with E-state index in [9.17, 15) is 18.9 Å². The number of anilines is 2. The zero-order valence-electron chi connectivity index (χ0n) is 14.1. The van der Waals surface area contributed by atoms with Crippen LogP contribution in [-0.4, -0.2) is 14.7 Å². The molecule has 3 aromatic rings. The molecular formula is C17H12BrClF2N4O2. The van der Waals surface area contributed by atoms with Gasteiger partial charge in [0.1, 0.15) is 23.1 Å². The second kappa shape index (κ2) is 7.24. The zero-order valence-corrected chi connectivity index (χ0v) is 16.4. The van der Waals surface area contributed by atoms with E-state index in [1.807, 2.05) is 0 Å². The van der Waals surface area contributed by atoms with Crippen molar-refractivity contribution in [1.29, 1.82) is 0 Å². The van der Waals surface area contributed by atoms with Crippen LogP contribution >= 0.6 is 27.5 Å². The molecule has 140 valence electrons. The van der Waals surface area contributed by atoms with Crippen LogP contribution in [0.2, 0.25) is 5.02 Å². The Morgan fingerprint density at radius 2 is 1.96 bits per heavy atom. The number of rotatable bonds is 4. The van der Waals surface area contributed by atoms with Crippen LogP contribution in [0.5, 0.6) is 0 Å². The molecule has 0 bridgehead atoms. The molecule has 27 heavy (non-hydrogen) atoms. The summed E-state index contributed by atoms with van der Waals surface area (Å²) in [4.78, 5) is 10.7. The fraction of sp³-hybridized carbons (Fsp3) is 0.118. The SMILES string of the molecule is Cc1nn(C)c(Nc2c(Br)cc(F)cc2[N+](=O)[O-])c1-c1ccc(F)cc1Cl. The largest absolute Gasteiger partial charge is 0.333 e. The van der Waals surface area contributed by atoms with Crippen molar-refractivity contribution in [1.82, 2.24) is 9.78 Å². The van der Waals surface area contributed by atoms with E-state index >= 15 is 0 Å². The zero-order chi connectivity index (χ0) is 19.9. The molecule has 0 aliphatic carbocycles. The molecule has 0 unspecified atom stereocenters. The third-order valence-corrected chi connectivity index (χ3v) is 4.84. The molecule has 0 aliphatic heterocycles. The van der Waals surface area contributed by atoms with Crippen molar-refractivity contribution in [2.24, 2.45) is 7.05 Å². The lowest BCUT2D eigenvalue weighted by Gasteiger charge is -2.13. The van der Waals surface area contributed by atoms with E-state index in [-0.39, 0.29) is 15.2 Å². The van der Waals surface area contributed by atoms with Crippen LogP contribution in [0.1, 0.15) is 5.69 Å². The van der Waals surface area contributed by atoms with Crippen molar-refractivity contribution in [3.63, 3.8) is 0 Å². The highest BCUT2D eigenvalue weighted by atomic mass is 79.9. The van der Waals surface area contributed by atoms with E-state index < -0.39 is 22.2 Å². The van der Waals surface area contributed by atoms with E-state index in [0.717, 1.165) is 12.1 Å². The topological polar surface area (TPSA) is 73.0 Å². The van der Waals surface area contributed by atoms with Crippen molar-refractivity contribution >= 4 is 44.7 Å². The van der Waals surface area contributed by atoms with Gasteiger partial charge in [-0.2, -0.15) is 5.10 Å². The summed E-state index contributed by atoms with van der Waals surface area (Å²) in [5, 5.41) is 18.8. The third kappa shape index (κ3) is 3.65. The lowest BCUT2D eigenvalue weighted by atomic mass is 10.1. The normalized spacial score (nSPS) is 10.9. The van der Waals surface area contributed by atoms with Crippen LogP contribution in [0, 0.1) is 28.7 Å². The fourth-order valence-electron chi connectivity index (χ4n) is 2.76. The molecule has 6 nitrogen and oxygen atoms in total. The molecule has 1 N–H and O–H groups in total. The second-order valence-corrected chi connectivity index (χ2v) is 6.98. The Hall–Kier alpha value is -2.52. The monoisotopic (exact) mass is 456 g/mol. The number of nitro benzene ring substituents is 1. The maximum atomic E-state index is 13.6. The number of aromatic nitrogens is 2. The lowest BCUT2D eigenvalue weighted by molar-refractivity contribution is -0.384. The van der Waals surface area contributed by atoms with E-state index in [4.69, 9.17) is 11.6 Å². The second-order valence-electron chi connectivity index (χ2n) is 5.72. The van der Waals surface area contributed by atoms with Crippen molar-refractivity contribution in [3.8, 4) is 11.1 Å². The number of halogens is 4. The molecule has 3 rings (SSSR count). The standard InChI is InChI=1S/C17H12BrClF2N4O2/c1-8-15(11-4-3-9(20)6-13(11)19)17(24(2)23-8)22-16-12(18)5-10(21)7-14(16)25(26)27/h3-7,22H,1-2H3. The molecule has 1 aromatic heterocycles. The first-order valence-corrected chi connectivity index (χ1v) is 8.75. The Labute approximate surface area is 166 Å². The average molecular weight is 458 g/mol. The first-order valence-electron chi connectivity index (χ1n) is 7.58. The number of nitrogens with zero attached hydrogens (tertiary/aromatic N) is 3. The summed E-state index contributed by atoms with van der Waals surface area (Å²) in [6.07, 6.45) is 0. The minimum Gasteiger partial charge on any atom is -0.333 e. The molecule has 0 saturated carbocycles. The van der Waals surface area contributed by atoms with E-state index in [1.54, 1.807) is 14.0 Å². The minimum atomic E-state index is -0.748. The number of nitrogens with one attached hydrogen (secondary N) is 1. The number of hydrogen-bond acceptors (Lipinski definition) is 4. The molecule has 0 radical (unpaired) electrons. The van der Waals surface area contributed by atoms with Gasteiger partial charge >= 0.3 is 0 Å². The van der Waals surface area contributed by atoms with Crippen molar-refractivity contribution in [2.75, 3.05) is 5.32 Å². The Kier molecular flexibility index (Phi) is 5.16. The first-order chi connectivity index (χ1) is 12.7. The molecule has 0 aliphatic rings. The van der Waals surface area contributed by atoms with Crippen LogP contribution < -0.4 is 5.32 Å². The predicted molar refractivity (Wildman–Crippen MR) is 102 cm³/mol. The van der Waals surface area contributed by atoms with Crippen molar-refractivity contribution in [3.05, 3.63) is 67.3 Å². The molecule has 0 fully saturated rings. The van der Waals surface area contributed by atoms with Gasteiger partial charge in [-0.05, 0) is 47.1 Å². The van der Waals surface area contributed by atoms with Gasteiger partial charge in [0.25, 0.3) is 5.69 Å². The van der Waals surface area contributed by atoms with Gasteiger partial charge < -0.3 is 5.32 Å². The summed E-state index contributed by atoms with van der Waals surface area (Å²) in [6.45, 7) is 1.73. The van der Waals surface area contributed by atoms with Gasteiger partial charge in [-0.1, -0.05) is 11.6 Å². The third-order valence-electron chi connectivity index (χ3n) is 3.90. The molecule has 10 heteroatoms. The Balaban J connectivity index is 2.20. The number of aryl methyl sites for hydroxylation is 2. The Morgan fingerprint density at radius 3 is 2.59 bits per heavy atom. The van der Waals surface area contributed by atoms with Gasteiger partial charge in [-0.3, -0.25) is 14.8 Å². The smallest absolute Gasteiger partial charge is 0.296 e. The van der Waals surface area contributed by atoms with Crippen LogP contribution in [0.25, 0.3) is 11.1 Å². The average Bonchev–Trinajstić information content (AvgIpc) is 2.83. The minimum absolute atomic E-state index is 0.0592. The summed E-state index contributed by atoms with van der Waals surface area (Å²) in [7, 11) is 1.64. The van der Waals surface area contributed by atoms with Crippen LogP contribution in [-0.2, 0) is 7.05 Å².